The van der Waals surface area contributed by atoms with Gasteiger partial charge in [-0.1, -0.05) is 11.6 Å². The van der Waals surface area contributed by atoms with Gasteiger partial charge in [-0.05, 0) is 24.5 Å². The van der Waals surface area contributed by atoms with Gasteiger partial charge < -0.3 is 10.2 Å². The summed E-state index contributed by atoms with van der Waals surface area (Å²) in [6.45, 7) is 3.38. The molecule has 1 aromatic heterocycles. The summed E-state index contributed by atoms with van der Waals surface area (Å²) in [6.07, 6.45) is 3.01. The van der Waals surface area contributed by atoms with Crippen molar-refractivity contribution in [2.75, 3.05) is 24.5 Å². The van der Waals surface area contributed by atoms with Gasteiger partial charge in [-0.3, -0.25) is 0 Å². The zero-order valence-electron chi connectivity index (χ0n) is 8.49. The van der Waals surface area contributed by atoms with Gasteiger partial charge in [-0.2, -0.15) is 0 Å². The Morgan fingerprint density at radius 1 is 1.40 bits per heavy atom. The van der Waals surface area contributed by atoms with Crippen molar-refractivity contribution in [3.8, 4) is 0 Å². The Labute approximate surface area is 94.4 Å². The van der Waals surface area contributed by atoms with Crippen LogP contribution in [0.25, 0.3) is 0 Å². The van der Waals surface area contributed by atoms with Gasteiger partial charge in [-0.25, -0.2) is 4.98 Å². The highest BCUT2D eigenvalue weighted by Gasteiger charge is 2.37. The van der Waals surface area contributed by atoms with E-state index in [1.54, 1.807) is 6.20 Å². The van der Waals surface area contributed by atoms with Crippen molar-refractivity contribution in [2.45, 2.75) is 12.5 Å². The summed E-state index contributed by atoms with van der Waals surface area (Å²) >= 11 is 5.84. The number of fused-ring (bicyclic) bond motifs is 1. The van der Waals surface area contributed by atoms with Crippen molar-refractivity contribution in [1.29, 1.82) is 0 Å². The molecule has 4 heteroatoms. The number of halogens is 1. The van der Waals surface area contributed by atoms with Crippen LogP contribution in [0.1, 0.15) is 6.42 Å². The second-order valence-electron chi connectivity index (χ2n) is 4.30. The predicted molar refractivity (Wildman–Crippen MR) is 61.4 cm³/mol. The van der Waals surface area contributed by atoms with Crippen molar-refractivity contribution < 1.29 is 0 Å². The molecule has 0 saturated carbocycles. The fourth-order valence-corrected chi connectivity index (χ4v) is 2.78. The van der Waals surface area contributed by atoms with Gasteiger partial charge in [0.15, 0.2) is 0 Å². The van der Waals surface area contributed by atoms with E-state index in [-0.39, 0.29) is 0 Å². The molecule has 2 fully saturated rings. The van der Waals surface area contributed by atoms with Gasteiger partial charge in [0.25, 0.3) is 0 Å². The Kier molecular flexibility index (Phi) is 2.29. The summed E-state index contributed by atoms with van der Waals surface area (Å²) in [4.78, 5) is 6.79. The first-order chi connectivity index (χ1) is 7.34. The van der Waals surface area contributed by atoms with Gasteiger partial charge in [0.05, 0.1) is 5.02 Å². The average Bonchev–Trinajstić information content (AvgIpc) is 2.80. The molecule has 2 aliphatic rings. The SMILES string of the molecule is Clc1ccc(N2CC[C@H]3CNC[C@H]32)nc1. The highest BCUT2D eigenvalue weighted by Crippen LogP contribution is 2.30. The molecular formula is C11H14ClN3. The summed E-state index contributed by atoms with van der Waals surface area (Å²) in [7, 11) is 0. The van der Waals surface area contributed by atoms with Crippen LogP contribution in [-0.2, 0) is 0 Å². The lowest BCUT2D eigenvalue weighted by Crippen LogP contribution is -2.34. The first-order valence-corrected chi connectivity index (χ1v) is 5.81. The van der Waals surface area contributed by atoms with Crippen molar-refractivity contribution in [2.24, 2.45) is 5.92 Å². The topological polar surface area (TPSA) is 28.2 Å². The Morgan fingerprint density at radius 2 is 2.33 bits per heavy atom. The quantitative estimate of drug-likeness (QED) is 0.783. The molecule has 2 atom stereocenters. The van der Waals surface area contributed by atoms with Crippen molar-refractivity contribution in [3.05, 3.63) is 23.4 Å². The lowest BCUT2D eigenvalue weighted by molar-refractivity contribution is 0.577. The van der Waals surface area contributed by atoms with E-state index >= 15 is 0 Å². The number of anilines is 1. The van der Waals surface area contributed by atoms with E-state index < -0.39 is 0 Å². The average molecular weight is 224 g/mol. The Bertz CT molecular complexity index is 351. The fourth-order valence-electron chi connectivity index (χ4n) is 2.67. The van der Waals surface area contributed by atoms with Crippen molar-refractivity contribution in [1.82, 2.24) is 10.3 Å². The minimum atomic E-state index is 0.638. The van der Waals surface area contributed by atoms with Crippen LogP contribution in [0.15, 0.2) is 18.3 Å². The first-order valence-electron chi connectivity index (χ1n) is 5.43. The minimum Gasteiger partial charge on any atom is -0.352 e. The molecule has 0 unspecified atom stereocenters. The number of rotatable bonds is 1. The third-order valence-electron chi connectivity index (χ3n) is 3.45. The summed E-state index contributed by atoms with van der Waals surface area (Å²) < 4.78 is 0. The molecule has 3 rings (SSSR count). The van der Waals surface area contributed by atoms with Gasteiger partial charge in [-0.15, -0.1) is 0 Å². The second kappa shape index (κ2) is 3.65. The maximum absolute atomic E-state index is 5.84. The molecular weight excluding hydrogens is 210 g/mol. The van der Waals surface area contributed by atoms with E-state index in [9.17, 15) is 0 Å². The molecule has 3 heterocycles. The number of hydrogen-bond acceptors (Lipinski definition) is 3. The second-order valence-corrected chi connectivity index (χ2v) is 4.74. The lowest BCUT2D eigenvalue weighted by atomic mass is 10.1. The van der Waals surface area contributed by atoms with Crippen LogP contribution < -0.4 is 10.2 Å². The Balaban J connectivity index is 1.85. The maximum Gasteiger partial charge on any atom is 0.128 e. The molecule has 0 radical (unpaired) electrons. The smallest absolute Gasteiger partial charge is 0.128 e. The highest BCUT2D eigenvalue weighted by atomic mass is 35.5. The first kappa shape index (κ1) is 9.43. The summed E-state index contributed by atoms with van der Waals surface area (Å²) in [6, 6.07) is 4.57. The predicted octanol–water partition coefficient (Wildman–Crippen LogP) is 1.53. The zero-order valence-corrected chi connectivity index (χ0v) is 9.24. The number of pyridine rings is 1. The molecule has 3 nitrogen and oxygen atoms in total. The van der Waals surface area contributed by atoms with E-state index in [0.29, 0.717) is 11.1 Å². The van der Waals surface area contributed by atoms with Crippen LogP contribution in [0.4, 0.5) is 5.82 Å². The zero-order chi connectivity index (χ0) is 10.3. The van der Waals surface area contributed by atoms with E-state index in [1.807, 2.05) is 12.1 Å². The fraction of sp³-hybridized carbons (Fsp3) is 0.545. The van der Waals surface area contributed by atoms with Gasteiger partial charge in [0, 0.05) is 31.9 Å². The molecule has 0 bridgehead atoms. The van der Waals surface area contributed by atoms with Crippen LogP contribution in [0.5, 0.6) is 0 Å². The van der Waals surface area contributed by atoms with E-state index in [4.69, 9.17) is 11.6 Å². The molecule has 0 aromatic carbocycles. The van der Waals surface area contributed by atoms with Crippen molar-refractivity contribution in [3.63, 3.8) is 0 Å². The van der Waals surface area contributed by atoms with Crippen LogP contribution in [-0.4, -0.2) is 30.7 Å². The van der Waals surface area contributed by atoms with Gasteiger partial charge in [0.1, 0.15) is 5.82 Å². The molecule has 80 valence electrons. The number of nitrogens with zero attached hydrogens (tertiary/aromatic N) is 2. The molecule has 0 aliphatic carbocycles. The molecule has 1 aromatic rings. The normalized spacial score (nSPS) is 29.5. The minimum absolute atomic E-state index is 0.638. The van der Waals surface area contributed by atoms with E-state index in [1.165, 1.54) is 6.42 Å². The Hall–Kier alpha value is -0.800. The molecule has 0 amide bonds. The monoisotopic (exact) mass is 223 g/mol. The third kappa shape index (κ3) is 1.60. The number of aromatic nitrogens is 1. The largest absolute Gasteiger partial charge is 0.352 e. The van der Waals surface area contributed by atoms with Crippen molar-refractivity contribution >= 4 is 17.4 Å². The van der Waals surface area contributed by atoms with Crippen LogP contribution >= 0.6 is 11.6 Å². The molecule has 2 aliphatic heterocycles. The lowest BCUT2D eigenvalue weighted by Gasteiger charge is -2.24. The summed E-state index contributed by atoms with van der Waals surface area (Å²) in [5, 5.41) is 4.15. The number of hydrogen-bond donors (Lipinski definition) is 1. The van der Waals surface area contributed by atoms with Crippen LogP contribution in [0.3, 0.4) is 0 Å². The van der Waals surface area contributed by atoms with Gasteiger partial charge >= 0.3 is 0 Å². The van der Waals surface area contributed by atoms with Crippen LogP contribution in [0, 0.1) is 5.92 Å². The molecule has 0 spiro atoms. The van der Waals surface area contributed by atoms with E-state index in [2.05, 4.69) is 15.2 Å². The van der Waals surface area contributed by atoms with Gasteiger partial charge in [0.2, 0.25) is 0 Å². The highest BCUT2D eigenvalue weighted by molar-refractivity contribution is 6.30. The third-order valence-corrected chi connectivity index (χ3v) is 3.67. The number of nitrogens with one attached hydrogen (secondary N) is 1. The standard InChI is InChI=1S/C11H14ClN3/c12-9-1-2-11(14-6-9)15-4-3-8-5-13-7-10(8)15/h1-2,6,8,10,13H,3-5,7H2/t8-,10+/m0/s1. The molecule has 2 saturated heterocycles. The van der Waals surface area contributed by atoms with Crippen LogP contribution in [0.2, 0.25) is 5.02 Å². The molecule has 15 heavy (non-hydrogen) atoms. The Morgan fingerprint density at radius 3 is 3.13 bits per heavy atom. The maximum atomic E-state index is 5.84. The van der Waals surface area contributed by atoms with E-state index in [0.717, 1.165) is 31.4 Å². The summed E-state index contributed by atoms with van der Waals surface area (Å²) in [5.74, 6) is 1.87. The summed E-state index contributed by atoms with van der Waals surface area (Å²) in [5.41, 5.74) is 0. The molecule has 1 N–H and O–H groups in total.